The first kappa shape index (κ1) is 13.6. The van der Waals surface area contributed by atoms with Gasteiger partial charge in [0.05, 0.1) is 0 Å². The van der Waals surface area contributed by atoms with Crippen LogP contribution >= 0.6 is 0 Å². The molecule has 116 valence electrons. The Kier molecular flexibility index (Phi) is 2.97. The molecule has 0 unspecified atom stereocenters. The minimum absolute atomic E-state index is 0.0447. The summed E-state index contributed by atoms with van der Waals surface area (Å²) >= 11 is 0. The molecule has 0 spiro atoms. The summed E-state index contributed by atoms with van der Waals surface area (Å²) in [7, 11) is 0. The van der Waals surface area contributed by atoms with Crippen molar-refractivity contribution in [2.45, 2.75) is 6.92 Å². The summed E-state index contributed by atoms with van der Waals surface area (Å²) in [6.07, 6.45) is 0. The predicted molar refractivity (Wildman–Crippen MR) is 78.4 cm³/mol. The zero-order valence-corrected chi connectivity index (χ0v) is 12.1. The van der Waals surface area contributed by atoms with Crippen LogP contribution in [0.4, 0.5) is 4.39 Å². The van der Waals surface area contributed by atoms with E-state index in [1.807, 2.05) is 0 Å². The smallest absolute Gasteiger partial charge is 0.379 e. The van der Waals surface area contributed by atoms with Gasteiger partial charge in [0.15, 0.2) is 11.5 Å². The SMILES string of the molecule is Cc1c(C(=O)Oc2ccc3c(c2)OCO3)oc2ccc(F)cc12. The van der Waals surface area contributed by atoms with E-state index in [0.29, 0.717) is 33.8 Å². The molecule has 0 saturated heterocycles. The summed E-state index contributed by atoms with van der Waals surface area (Å²) < 4.78 is 34.5. The van der Waals surface area contributed by atoms with Crippen LogP contribution < -0.4 is 14.2 Å². The minimum atomic E-state index is -0.655. The zero-order chi connectivity index (χ0) is 16.0. The van der Waals surface area contributed by atoms with E-state index in [2.05, 4.69) is 0 Å². The first-order chi connectivity index (χ1) is 11.1. The molecule has 0 bridgehead atoms. The summed E-state index contributed by atoms with van der Waals surface area (Å²) in [5.74, 6) is 0.419. The Morgan fingerprint density at radius 3 is 2.83 bits per heavy atom. The third kappa shape index (κ3) is 2.28. The van der Waals surface area contributed by atoms with Gasteiger partial charge in [0.25, 0.3) is 0 Å². The average Bonchev–Trinajstić information content (AvgIpc) is 3.12. The molecule has 6 heteroatoms. The molecular weight excluding hydrogens is 303 g/mol. The maximum atomic E-state index is 13.3. The lowest BCUT2D eigenvalue weighted by molar-refractivity contribution is 0.0702. The van der Waals surface area contributed by atoms with E-state index in [1.54, 1.807) is 25.1 Å². The predicted octanol–water partition coefficient (Wildman–Crippen LogP) is 3.83. The van der Waals surface area contributed by atoms with Crippen LogP contribution in [0.2, 0.25) is 0 Å². The molecule has 4 rings (SSSR count). The first-order valence-electron chi connectivity index (χ1n) is 6.92. The number of ether oxygens (including phenoxy) is 3. The highest BCUT2D eigenvalue weighted by Gasteiger charge is 2.21. The van der Waals surface area contributed by atoms with E-state index >= 15 is 0 Å². The number of carbonyl (C=O) groups is 1. The standard InChI is InChI=1S/C17H11FO5/c1-9-12-6-10(18)2-4-13(12)23-16(9)17(19)22-11-3-5-14-15(7-11)21-8-20-14/h2-7H,8H2,1H3. The topological polar surface area (TPSA) is 57.9 Å². The van der Waals surface area contributed by atoms with Crippen LogP contribution in [0.5, 0.6) is 17.2 Å². The Balaban J connectivity index is 1.65. The molecule has 0 fully saturated rings. The minimum Gasteiger partial charge on any atom is -0.454 e. The molecule has 0 atom stereocenters. The summed E-state index contributed by atoms with van der Waals surface area (Å²) in [6, 6.07) is 8.91. The number of aryl methyl sites for hydroxylation is 1. The molecule has 0 radical (unpaired) electrons. The zero-order valence-electron chi connectivity index (χ0n) is 12.1. The van der Waals surface area contributed by atoms with Gasteiger partial charge in [-0.15, -0.1) is 0 Å². The molecule has 1 aliphatic heterocycles. The van der Waals surface area contributed by atoms with Crippen LogP contribution in [0.25, 0.3) is 11.0 Å². The second kappa shape index (κ2) is 5.01. The molecule has 1 aliphatic rings. The lowest BCUT2D eigenvalue weighted by atomic mass is 10.1. The number of hydrogen-bond acceptors (Lipinski definition) is 5. The number of halogens is 1. The quantitative estimate of drug-likeness (QED) is 0.531. The Labute approximate surface area is 130 Å². The molecule has 2 heterocycles. The number of benzene rings is 2. The summed E-state index contributed by atoms with van der Waals surface area (Å²) in [5.41, 5.74) is 0.965. The highest BCUT2D eigenvalue weighted by atomic mass is 19.1. The number of furan rings is 1. The van der Waals surface area contributed by atoms with E-state index in [-0.39, 0.29) is 12.6 Å². The van der Waals surface area contributed by atoms with Gasteiger partial charge in [-0.05, 0) is 37.3 Å². The van der Waals surface area contributed by atoms with E-state index in [0.717, 1.165) is 0 Å². The first-order valence-corrected chi connectivity index (χ1v) is 6.92. The van der Waals surface area contributed by atoms with Crippen molar-refractivity contribution in [3.8, 4) is 17.2 Å². The molecule has 5 nitrogen and oxygen atoms in total. The maximum absolute atomic E-state index is 13.3. The van der Waals surface area contributed by atoms with Gasteiger partial charge >= 0.3 is 5.97 Å². The largest absolute Gasteiger partial charge is 0.454 e. The van der Waals surface area contributed by atoms with Crippen LogP contribution in [-0.4, -0.2) is 12.8 Å². The van der Waals surface area contributed by atoms with Crippen molar-refractivity contribution in [3.05, 3.63) is 53.5 Å². The van der Waals surface area contributed by atoms with Gasteiger partial charge in [-0.1, -0.05) is 0 Å². The van der Waals surface area contributed by atoms with E-state index < -0.39 is 11.8 Å². The third-order valence-corrected chi connectivity index (χ3v) is 3.64. The van der Waals surface area contributed by atoms with Crippen molar-refractivity contribution < 1.29 is 27.8 Å². The molecule has 0 saturated carbocycles. The van der Waals surface area contributed by atoms with Gasteiger partial charge in [-0.2, -0.15) is 0 Å². The second-order valence-corrected chi connectivity index (χ2v) is 5.10. The van der Waals surface area contributed by atoms with Crippen LogP contribution in [0.3, 0.4) is 0 Å². The lowest BCUT2D eigenvalue weighted by Gasteiger charge is -2.04. The van der Waals surface area contributed by atoms with Gasteiger partial charge in [-0.25, -0.2) is 9.18 Å². The molecule has 0 N–H and O–H groups in total. The number of rotatable bonds is 2. The fourth-order valence-electron chi connectivity index (χ4n) is 2.48. The average molecular weight is 314 g/mol. The summed E-state index contributed by atoms with van der Waals surface area (Å²) in [5, 5.41) is 0.544. The number of esters is 1. The van der Waals surface area contributed by atoms with Crippen molar-refractivity contribution in [3.63, 3.8) is 0 Å². The van der Waals surface area contributed by atoms with Gasteiger partial charge in [0.2, 0.25) is 12.6 Å². The molecule has 23 heavy (non-hydrogen) atoms. The molecule has 1 aromatic heterocycles. The van der Waals surface area contributed by atoms with Gasteiger partial charge in [0, 0.05) is 17.0 Å². The lowest BCUT2D eigenvalue weighted by Crippen LogP contribution is -2.08. The third-order valence-electron chi connectivity index (χ3n) is 3.64. The fourth-order valence-corrected chi connectivity index (χ4v) is 2.48. The molecule has 3 aromatic rings. The van der Waals surface area contributed by atoms with Crippen LogP contribution in [-0.2, 0) is 0 Å². The highest BCUT2D eigenvalue weighted by Crippen LogP contribution is 2.35. The van der Waals surface area contributed by atoms with Gasteiger partial charge in [0.1, 0.15) is 17.1 Å². The van der Waals surface area contributed by atoms with Crippen LogP contribution in [0, 0.1) is 12.7 Å². The van der Waals surface area contributed by atoms with Crippen molar-refractivity contribution in [2.75, 3.05) is 6.79 Å². The molecule has 0 aliphatic carbocycles. The van der Waals surface area contributed by atoms with Crippen molar-refractivity contribution in [1.82, 2.24) is 0 Å². The number of carbonyl (C=O) groups excluding carboxylic acids is 1. The molecular formula is C17H11FO5. The molecule has 2 aromatic carbocycles. The fraction of sp³-hybridized carbons (Fsp3) is 0.118. The van der Waals surface area contributed by atoms with Crippen molar-refractivity contribution >= 4 is 16.9 Å². The Morgan fingerprint density at radius 1 is 1.13 bits per heavy atom. The van der Waals surface area contributed by atoms with Crippen LogP contribution in [0.1, 0.15) is 16.1 Å². The maximum Gasteiger partial charge on any atom is 0.379 e. The van der Waals surface area contributed by atoms with E-state index in [1.165, 1.54) is 18.2 Å². The van der Waals surface area contributed by atoms with Gasteiger partial charge < -0.3 is 18.6 Å². The van der Waals surface area contributed by atoms with Crippen molar-refractivity contribution in [1.29, 1.82) is 0 Å². The Bertz CT molecular complexity index is 928. The van der Waals surface area contributed by atoms with Crippen LogP contribution in [0.15, 0.2) is 40.8 Å². The second-order valence-electron chi connectivity index (χ2n) is 5.10. The monoisotopic (exact) mass is 314 g/mol. The summed E-state index contributed by atoms with van der Waals surface area (Å²) in [4.78, 5) is 12.3. The van der Waals surface area contributed by atoms with E-state index in [9.17, 15) is 9.18 Å². The summed E-state index contributed by atoms with van der Waals surface area (Å²) in [6.45, 7) is 1.82. The highest BCUT2D eigenvalue weighted by molar-refractivity contribution is 5.96. The van der Waals surface area contributed by atoms with Gasteiger partial charge in [-0.3, -0.25) is 0 Å². The normalized spacial score (nSPS) is 12.6. The number of hydrogen-bond donors (Lipinski definition) is 0. The number of fused-ring (bicyclic) bond motifs is 2. The van der Waals surface area contributed by atoms with E-state index in [4.69, 9.17) is 18.6 Å². The molecule has 0 amide bonds. The van der Waals surface area contributed by atoms with Crippen molar-refractivity contribution in [2.24, 2.45) is 0 Å². The Hall–Kier alpha value is -3.02. The Morgan fingerprint density at radius 2 is 1.96 bits per heavy atom.